The molecule has 1 atom stereocenters. The second-order valence-electron chi connectivity index (χ2n) is 5.92. The molecule has 1 aliphatic heterocycles. The number of hydrogen-bond acceptors (Lipinski definition) is 2. The van der Waals surface area contributed by atoms with Crippen molar-refractivity contribution in [2.24, 2.45) is 5.41 Å². The Labute approximate surface area is 118 Å². The summed E-state index contributed by atoms with van der Waals surface area (Å²) >= 11 is 0. The molecule has 0 N–H and O–H groups in total. The molecule has 108 valence electrons. The summed E-state index contributed by atoms with van der Waals surface area (Å²) in [6, 6.07) is 6.60. The van der Waals surface area contributed by atoms with Gasteiger partial charge in [-0.15, -0.1) is 0 Å². The van der Waals surface area contributed by atoms with Gasteiger partial charge in [0.2, 0.25) is 5.91 Å². The fraction of sp³-hybridized carbons (Fsp3) is 0.562. The zero-order chi connectivity index (χ0) is 14.2. The normalized spacial score (nSPS) is 23.9. The van der Waals surface area contributed by atoms with E-state index in [9.17, 15) is 9.18 Å². The summed E-state index contributed by atoms with van der Waals surface area (Å²) < 4.78 is 18.2. The maximum Gasteiger partial charge on any atom is 0.231 e. The molecule has 20 heavy (non-hydrogen) atoms. The molecule has 2 aliphatic rings. The highest BCUT2D eigenvalue weighted by Crippen LogP contribution is 2.46. The van der Waals surface area contributed by atoms with Crippen LogP contribution in [0.5, 0.6) is 0 Å². The molecule has 3 rings (SSSR count). The van der Waals surface area contributed by atoms with Crippen molar-refractivity contribution < 1.29 is 13.9 Å². The Hall–Kier alpha value is -1.42. The van der Waals surface area contributed by atoms with Crippen molar-refractivity contribution in [3.05, 3.63) is 35.6 Å². The molecule has 1 aromatic carbocycles. The van der Waals surface area contributed by atoms with Gasteiger partial charge in [-0.05, 0) is 37.0 Å². The van der Waals surface area contributed by atoms with Gasteiger partial charge in [0.05, 0.1) is 18.1 Å². The smallest absolute Gasteiger partial charge is 0.231 e. The number of benzene rings is 1. The minimum atomic E-state index is -0.298. The summed E-state index contributed by atoms with van der Waals surface area (Å²) in [6.45, 7) is 1.31. The Kier molecular flexibility index (Phi) is 3.50. The molecule has 0 bridgehead atoms. The number of carbonyl (C=O) groups is 1. The van der Waals surface area contributed by atoms with Crippen molar-refractivity contribution in [3.63, 3.8) is 0 Å². The van der Waals surface area contributed by atoms with E-state index >= 15 is 0 Å². The molecule has 0 spiro atoms. The van der Waals surface area contributed by atoms with Crippen LogP contribution in [0, 0.1) is 11.2 Å². The minimum absolute atomic E-state index is 0.109. The summed E-state index contributed by atoms with van der Waals surface area (Å²) in [7, 11) is 1.65. The first-order valence-corrected chi connectivity index (χ1v) is 7.22. The fourth-order valence-electron chi connectivity index (χ4n) is 3.27. The van der Waals surface area contributed by atoms with Crippen molar-refractivity contribution in [3.8, 4) is 0 Å². The second-order valence-corrected chi connectivity index (χ2v) is 5.92. The predicted octanol–water partition coefficient (Wildman–Crippen LogP) is 2.92. The molecule has 2 fully saturated rings. The molecule has 1 saturated carbocycles. The van der Waals surface area contributed by atoms with Gasteiger partial charge in [-0.1, -0.05) is 18.6 Å². The van der Waals surface area contributed by atoms with E-state index < -0.39 is 0 Å². The van der Waals surface area contributed by atoms with Crippen LogP contribution in [0.4, 0.5) is 4.39 Å². The molecule has 1 saturated heterocycles. The SMILES string of the molecule is COCC1(C(=O)N2CC[C@@H]2c2ccc(F)cc2)CCC1. The van der Waals surface area contributed by atoms with Crippen LogP contribution < -0.4 is 0 Å². The van der Waals surface area contributed by atoms with E-state index in [0.29, 0.717) is 6.61 Å². The highest BCUT2D eigenvalue weighted by atomic mass is 19.1. The zero-order valence-corrected chi connectivity index (χ0v) is 11.8. The number of carbonyl (C=O) groups excluding carboxylic acids is 1. The predicted molar refractivity (Wildman–Crippen MR) is 73.6 cm³/mol. The molecule has 3 nitrogen and oxygen atoms in total. The summed E-state index contributed by atoms with van der Waals surface area (Å²) in [5.41, 5.74) is 0.728. The van der Waals surface area contributed by atoms with Gasteiger partial charge in [0.15, 0.2) is 0 Å². The topological polar surface area (TPSA) is 29.5 Å². The number of likely N-dealkylation sites (tertiary alicyclic amines) is 1. The maximum atomic E-state index is 13.0. The van der Waals surface area contributed by atoms with Crippen molar-refractivity contribution in [1.29, 1.82) is 0 Å². The second kappa shape index (κ2) is 5.17. The van der Waals surface area contributed by atoms with E-state index in [-0.39, 0.29) is 23.2 Å². The summed E-state index contributed by atoms with van der Waals surface area (Å²) in [6.07, 6.45) is 3.91. The molecule has 0 aromatic heterocycles. The fourth-order valence-corrected chi connectivity index (χ4v) is 3.27. The monoisotopic (exact) mass is 277 g/mol. The van der Waals surface area contributed by atoms with E-state index in [2.05, 4.69) is 0 Å². The third-order valence-electron chi connectivity index (χ3n) is 4.72. The van der Waals surface area contributed by atoms with Crippen molar-refractivity contribution >= 4 is 5.91 Å². The van der Waals surface area contributed by atoms with Crippen LogP contribution in [0.3, 0.4) is 0 Å². The number of halogens is 1. The Morgan fingerprint density at radius 3 is 2.55 bits per heavy atom. The van der Waals surface area contributed by atoms with Crippen LogP contribution in [0.1, 0.15) is 37.3 Å². The summed E-state index contributed by atoms with van der Waals surface area (Å²) in [5, 5.41) is 0. The van der Waals surface area contributed by atoms with Gasteiger partial charge in [-0.25, -0.2) is 4.39 Å². The van der Waals surface area contributed by atoms with Gasteiger partial charge in [0.1, 0.15) is 5.82 Å². The van der Waals surface area contributed by atoms with E-state index in [4.69, 9.17) is 4.74 Å². The van der Waals surface area contributed by atoms with E-state index in [1.807, 2.05) is 4.90 Å². The lowest BCUT2D eigenvalue weighted by atomic mass is 9.67. The number of amides is 1. The van der Waals surface area contributed by atoms with Crippen LogP contribution in [0.25, 0.3) is 0 Å². The third kappa shape index (κ3) is 2.12. The van der Waals surface area contributed by atoms with Gasteiger partial charge in [-0.3, -0.25) is 4.79 Å². The molecule has 1 amide bonds. The summed E-state index contributed by atoms with van der Waals surface area (Å²) in [5.74, 6) is -0.0213. The first kappa shape index (κ1) is 13.6. The van der Waals surface area contributed by atoms with E-state index in [0.717, 1.165) is 37.8 Å². The van der Waals surface area contributed by atoms with Crippen LogP contribution in [0.15, 0.2) is 24.3 Å². The molecular formula is C16H20FNO2. The minimum Gasteiger partial charge on any atom is -0.384 e. The number of nitrogens with zero attached hydrogens (tertiary/aromatic N) is 1. The quantitative estimate of drug-likeness (QED) is 0.847. The van der Waals surface area contributed by atoms with Crippen molar-refractivity contribution in [1.82, 2.24) is 4.90 Å². The number of methoxy groups -OCH3 is 1. The lowest BCUT2D eigenvalue weighted by Crippen LogP contribution is -2.55. The van der Waals surface area contributed by atoms with Crippen molar-refractivity contribution in [2.45, 2.75) is 31.7 Å². The number of ether oxygens (including phenoxy) is 1. The molecule has 1 aromatic rings. The maximum absolute atomic E-state index is 13.0. The Morgan fingerprint density at radius 2 is 2.10 bits per heavy atom. The number of hydrogen-bond donors (Lipinski definition) is 0. The van der Waals surface area contributed by atoms with Crippen LogP contribution in [-0.4, -0.2) is 31.1 Å². The standard InChI is InChI=1S/C16H20FNO2/c1-20-11-16(8-2-9-16)15(19)18-10-7-14(18)12-3-5-13(17)6-4-12/h3-6,14H,2,7-11H2,1H3/t14-/m1/s1. The Morgan fingerprint density at radius 1 is 1.40 bits per heavy atom. The molecule has 4 heteroatoms. The molecule has 1 heterocycles. The zero-order valence-electron chi connectivity index (χ0n) is 11.8. The third-order valence-corrected chi connectivity index (χ3v) is 4.72. The summed E-state index contributed by atoms with van der Waals surface area (Å²) in [4.78, 5) is 14.7. The van der Waals surface area contributed by atoms with Gasteiger partial charge in [-0.2, -0.15) is 0 Å². The van der Waals surface area contributed by atoms with Crippen LogP contribution in [0.2, 0.25) is 0 Å². The van der Waals surface area contributed by atoms with E-state index in [1.54, 1.807) is 19.2 Å². The average molecular weight is 277 g/mol. The van der Waals surface area contributed by atoms with Gasteiger partial charge in [0.25, 0.3) is 0 Å². The Balaban J connectivity index is 1.74. The first-order chi connectivity index (χ1) is 9.66. The van der Waals surface area contributed by atoms with E-state index in [1.165, 1.54) is 12.1 Å². The van der Waals surface area contributed by atoms with Gasteiger partial charge < -0.3 is 9.64 Å². The molecule has 0 unspecified atom stereocenters. The first-order valence-electron chi connectivity index (χ1n) is 7.22. The van der Waals surface area contributed by atoms with Crippen LogP contribution >= 0.6 is 0 Å². The van der Waals surface area contributed by atoms with Gasteiger partial charge >= 0.3 is 0 Å². The highest BCUT2D eigenvalue weighted by molar-refractivity contribution is 5.85. The van der Waals surface area contributed by atoms with Gasteiger partial charge in [0, 0.05) is 13.7 Å². The molecular weight excluding hydrogens is 257 g/mol. The highest BCUT2D eigenvalue weighted by Gasteiger charge is 2.49. The lowest BCUT2D eigenvalue weighted by Gasteiger charge is -2.49. The van der Waals surface area contributed by atoms with Crippen molar-refractivity contribution in [2.75, 3.05) is 20.3 Å². The van der Waals surface area contributed by atoms with Crippen LogP contribution in [-0.2, 0) is 9.53 Å². The molecule has 1 aliphatic carbocycles. The Bertz CT molecular complexity index is 496. The largest absolute Gasteiger partial charge is 0.384 e. The number of rotatable bonds is 4. The average Bonchev–Trinajstić information content (AvgIpc) is 2.35. The lowest BCUT2D eigenvalue weighted by molar-refractivity contribution is -0.160. The molecule has 0 radical (unpaired) electrons.